The predicted molar refractivity (Wildman–Crippen MR) is 91.3 cm³/mol. The Hall–Kier alpha value is -2.26. The van der Waals surface area contributed by atoms with Crippen molar-refractivity contribution in [3.05, 3.63) is 29.0 Å². The lowest BCUT2D eigenvalue weighted by molar-refractivity contribution is -0.143. The number of halogens is 2. The second-order valence-corrected chi connectivity index (χ2v) is 6.95. The van der Waals surface area contributed by atoms with E-state index in [0.29, 0.717) is 19.4 Å². The number of carboxylic acids is 1. The van der Waals surface area contributed by atoms with E-state index >= 15 is 0 Å². The lowest BCUT2D eigenvalue weighted by Gasteiger charge is -2.30. The van der Waals surface area contributed by atoms with Crippen molar-refractivity contribution in [2.45, 2.75) is 12.8 Å². The second kappa shape index (κ2) is 7.32. The van der Waals surface area contributed by atoms with E-state index in [9.17, 15) is 14.0 Å². The molecule has 0 aliphatic carbocycles. The number of rotatable bonds is 3. The standard InChI is InChI=1S/C15H14ClFN4O3S/c16-9-4-1-5-10(17)11(9)12-19-20-14(25-12)18-15(24)21-6-2-3-8(7-21)13(22)23/h1,4-5,8H,2-3,6-7H2,(H,22,23)(H,18,20,24). The van der Waals surface area contributed by atoms with E-state index in [2.05, 4.69) is 15.5 Å². The Balaban J connectivity index is 1.71. The van der Waals surface area contributed by atoms with Crippen molar-refractivity contribution in [2.24, 2.45) is 5.92 Å². The van der Waals surface area contributed by atoms with Crippen molar-refractivity contribution in [2.75, 3.05) is 18.4 Å². The first-order valence-corrected chi connectivity index (χ1v) is 8.71. The predicted octanol–water partition coefficient (Wildman–Crippen LogP) is 3.33. The van der Waals surface area contributed by atoms with Crippen LogP contribution in [0.4, 0.5) is 14.3 Å². The summed E-state index contributed by atoms with van der Waals surface area (Å²) in [6.45, 7) is 0.617. The minimum atomic E-state index is -0.912. The zero-order valence-electron chi connectivity index (χ0n) is 12.9. The number of nitrogens with zero attached hydrogens (tertiary/aromatic N) is 3. The fourth-order valence-corrected chi connectivity index (χ4v) is 3.71. The zero-order valence-corrected chi connectivity index (χ0v) is 14.5. The number of hydrogen-bond donors (Lipinski definition) is 2. The van der Waals surface area contributed by atoms with Crippen LogP contribution >= 0.6 is 22.9 Å². The molecule has 7 nitrogen and oxygen atoms in total. The molecule has 0 radical (unpaired) electrons. The summed E-state index contributed by atoms with van der Waals surface area (Å²) in [6, 6.07) is 3.84. The molecule has 1 saturated heterocycles. The molecule has 0 bridgehead atoms. The molecule has 10 heteroatoms. The highest BCUT2D eigenvalue weighted by molar-refractivity contribution is 7.18. The van der Waals surface area contributed by atoms with Gasteiger partial charge < -0.3 is 10.0 Å². The molecule has 2 amide bonds. The van der Waals surface area contributed by atoms with Crippen molar-refractivity contribution < 1.29 is 19.1 Å². The lowest BCUT2D eigenvalue weighted by Crippen LogP contribution is -2.44. The monoisotopic (exact) mass is 384 g/mol. The number of piperidine rings is 1. The van der Waals surface area contributed by atoms with Crippen LogP contribution in [0.2, 0.25) is 5.02 Å². The topological polar surface area (TPSA) is 95.4 Å². The van der Waals surface area contributed by atoms with Gasteiger partial charge in [-0.15, -0.1) is 10.2 Å². The normalized spacial score (nSPS) is 17.4. The summed E-state index contributed by atoms with van der Waals surface area (Å²) in [5.74, 6) is -2.01. The Morgan fingerprint density at radius 2 is 2.20 bits per heavy atom. The van der Waals surface area contributed by atoms with Gasteiger partial charge in [0.05, 0.1) is 16.5 Å². The number of nitrogens with one attached hydrogen (secondary N) is 1. The number of carbonyl (C=O) groups excluding carboxylic acids is 1. The van der Waals surface area contributed by atoms with Gasteiger partial charge in [-0.1, -0.05) is 29.0 Å². The first kappa shape index (κ1) is 17.6. The molecule has 1 unspecified atom stereocenters. The van der Waals surface area contributed by atoms with Crippen LogP contribution in [0, 0.1) is 11.7 Å². The molecule has 1 aliphatic rings. The smallest absolute Gasteiger partial charge is 0.323 e. The SMILES string of the molecule is O=C(O)C1CCCN(C(=O)Nc2nnc(-c3c(F)cccc3Cl)s2)C1. The summed E-state index contributed by atoms with van der Waals surface area (Å²) >= 11 is 6.99. The quantitative estimate of drug-likeness (QED) is 0.846. The van der Waals surface area contributed by atoms with E-state index in [0.717, 1.165) is 11.3 Å². The fraction of sp³-hybridized carbons (Fsp3) is 0.333. The van der Waals surface area contributed by atoms with Gasteiger partial charge in [0.2, 0.25) is 5.13 Å². The van der Waals surface area contributed by atoms with Crippen LogP contribution in [-0.2, 0) is 4.79 Å². The summed E-state index contributed by atoms with van der Waals surface area (Å²) in [7, 11) is 0. The molecule has 1 aromatic heterocycles. The fourth-order valence-electron chi connectivity index (χ4n) is 2.61. The molecule has 1 fully saturated rings. The average molecular weight is 385 g/mol. The number of urea groups is 1. The molecule has 3 rings (SSSR count). The third-order valence-electron chi connectivity index (χ3n) is 3.87. The number of aromatic nitrogens is 2. The van der Waals surface area contributed by atoms with Crippen LogP contribution in [0.15, 0.2) is 18.2 Å². The van der Waals surface area contributed by atoms with Crippen molar-refractivity contribution in [3.8, 4) is 10.6 Å². The van der Waals surface area contributed by atoms with Crippen molar-refractivity contribution in [1.29, 1.82) is 0 Å². The third kappa shape index (κ3) is 3.88. The Morgan fingerprint density at radius 1 is 1.40 bits per heavy atom. The molecule has 2 heterocycles. The molecule has 132 valence electrons. The summed E-state index contributed by atoms with van der Waals surface area (Å²) in [6.07, 6.45) is 1.17. The molecule has 0 saturated carbocycles. The van der Waals surface area contributed by atoms with Gasteiger partial charge >= 0.3 is 12.0 Å². The number of anilines is 1. The Labute approximate surface area is 151 Å². The van der Waals surface area contributed by atoms with Gasteiger partial charge in [-0.25, -0.2) is 9.18 Å². The molecule has 2 aromatic rings. The van der Waals surface area contributed by atoms with Crippen LogP contribution in [0.5, 0.6) is 0 Å². The number of hydrogen-bond acceptors (Lipinski definition) is 5. The Morgan fingerprint density at radius 3 is 2.92 bits per heavy atom. The molecule has 1 aromatic carbocycles. The number of benzene rings is 1. The largest absolute Gasteiger partial charge is 0.481 e. The van der Waals surface area contributed by atoms with Crippen LogP contribution in [0.25, 0.3) is 10.6 Å². The summed E-state index contributed by atoms with van der Waals surface area (Å²) in [5, 5.41) is 20.0. The molecular formula is C15H14ClFN4O3S. The number of aliphatic carboxylic acids is 1. The summed E-state index contributed by atoms with van der Waals surface area (Å²) in [4.78, 5) is 24.8. The molecule has 2 N–H and O–H groups in total. The van der Waals surface area contributed by atoms with E-state index in [1.165, 1.54) is 17.0 Å². The zero-order chi connectivity index (χ0) is 18.0. The van der Waals surface area contributed by atoms with Crippen molar-refractivity contribution in [1.82, 2.24) is 15.1 Å². The number of carboxylic acid groups (broad SMARTS) is 1. The van der Waals surface area contributed by atoms with Crippen LogP contribution < -0.4 is 5.32 Å². The second-order valence-electron chi connectivity index (χ2n) is 5.56. The minimum Gasteiger partial charge on any atom is -0.481 e. The van der Waals surface area contributed by atoms with E-state index in [4.69, 9.17) is 16.7 Å². The highest BCUT2D eigenvalue weighted by Crippen LogP contribution is 2.34. The van der Waals surface area contributed by atoms with Gasteiger partial charge in [0, 0.05) is 13.1 Å². The number of carbonyl (C=O) groups is 2. The van der Waals surface area contributed by atoms with Crippen molar-refractivity contribution in [3.63, 3.8) is 0 Å². The molecule has 1 atom stereocenters. The first-order chi connectivity index (χ1) is 12.0. The molecule has 0 spiro atoms. The van der Waals surface area contributed by atoms with Gasteiger partial charge in [0.15, 0.2) is 5.01 Å². The highest BCUT2D eigenvalue weighted by atomic mass is 35.5. The molecular weight excluding hydrogens is 371 g/mol. The number of amides is 2. The minimum absolute atomic E-state index is 0.131. The number of likely N-dealkylation sites (tertiary alicyclic amines) is 1. The third-order valence-corrected chi connectivity index (χ3v) is 5.04. The molecule has 1 aliphatic heterocycles. The van der Waals surface area contributed by atoms with E-state index in [-0.39, 0.29) is 27.3 Å². The Kier molecular flexibility index (Phi) is 5.14. The highest BCUT2D eigenvalue weighted by Gasteiger charge is 2.28. The van der Waals surface area contributed by atoms with Crippen molar-refractivity contribution >= 4 is 40.1 Å². The van der Waals surface area contributed by atoms with E-state index in [1.807, 2.05) is 0 Å². The maximum Gasteiger partial charge on any atom is 0.323 e. The Bertz CT molecular complexity index is 796. The summed E-state index contributed by atoms with van der Waals surface area (Å²) < 4.78 is 13.9. The van der Waals surface area contributed by atoms with Gasteiger partial charge in [-0.2, -0.15) is 0 Å². The van der Waals surface area contributed by atoms with Gasteiger partial charge in [-0.3, -0.25) is 10.1 Å². The average Bonchev–Trinajstić information content (AvgIpc) is 3.03. The lowest BCUT2D eigenvalue weighted by atomic mass is 9.99. The van der Waals surface area contributed by atoms with E-state index < -0.39 is 23.7 Å². The summed E-state index contributed by atoms with van der Waals surface area (Å²) in [5.41, 5.74) is 0.131. The van der Waals surface area contributed by atoms with E-state index in [1.54, 1.807) is 6.07 Å². The van der Waals surface area contributed by atoms with Crippen LogP contribution in [-0.4, -0.2) is 45.3 Å². The van der Waals surface area contributed by atoms with Gasteiger partial charge in [0.25, 0.3) is 0 Å². The molecule has 25 heavy (non-hydrogen) atoms. The van der Waals surface area contributed by atoms with Crippen LogP contribution in [0.1, 0.15) is 12.8 Å². The maximum atomic E-state index is 13.9. The first-order valence-electron chi connectivity index (χ1n) is 7.52. The van der Waals surface area contributed by atoms with Gasteiger partial charge in [0.1, 0.15) is 5.82 Å². The van der Waals surface area contributed by atoms with Gasteiger partial charge in [-0.05, 0) is 25.0 Å². The van der Waals surface area contributed by atoms with Crippen LogP contribution in [0.3, 0.4) is 0 Å². The maximum absolute atomic E-state index is 13.9.